The van der Waals surface area contributed by atoms with Gasteiger partial charge in [0.1, 0.15) is 0 Å². The second-order valence-corrected chi connectivity index (χ2v) is 7.36. The van der Waals surface area contributed by atoms with E-state index in [-0.39, 0.29) is 11.9 Å². The number of rotatable bonds is 7. The summed E-state index contributed by atoms with van der Waals surface area (Å²) in [5.41, 5.74) is 0. The molecule has 0 unspecified atom stereocenters. The van der Waals surface area contributed by atoms with Crippen LogP contribution in [0.1, 0.15) is 58.3 Å². The molecule has 2 rings (SSSR count). The molecule has 0 aromatic rings. The van der Waals surface area contributed by atoms with Gasteiger partial charge in [-0.15, -0.1) is 0 Å². The highest BCUT2D eigenvalue weighted by Crippen LogP contribution is 2.25. The largest absolute Gasteiger partial charge is 0.466 e. The van der Waals surface area contributed by atoms with E-state index in [2.05, 4.69) is 27.6 Å². The van der Waals surface area contributed by atoms with Crippen molar-refractivity contribution in [3.8, 4) is 0 Å². The van der Waals surface area contributed by atoms with Crippen molar-refractivity contribution in [1.82, 2.24) is 15.5 Å². The predicted molar refractivity (Wildman–Crippen MR) is 102 cm³/mol. The van der Waals surface area contributed by atoms with Crippen LogP contribution in [-0.2, 0) is 9.53 Å². The summed E-state index contributed by atoms with van der Waals surface area (Å²) >= 11 is 0. The molecule has 144 valence electrons. The van der Waals surface area contributed by atoms with Gasteiger partial charge in [-0.2, -0.15) is 0 Å². The summed E-state index contributed by atoms with van der Waals surface area (Å²) in [6.07, 6.45) is 9.22. The molecule has 0 radical (unpaired) electrons. The summed E-state index contributed by atoms with van der Waals surface area (Å²) in [5.74, 6) is 0.922. The molecule has 0 spiro atoms. The first-order chi connectivity index (χ1) is 12.1. The summed E-state index contributed by atoms with van der Waals surface area (Å²) in [6, 6.07) is 1.15. The minimum absolute atomic E-state index is 0.0293. The maximum Gasteiger partial charge on any atom is 0.308 e. The first-order valence-corrected chi connectivity index (χ1v) is 9.98. The Morgan fingerprint density at radius 1 is 1.16 bits per heavy atom. The van der Waals surface area contributed by atoms with Crippen LogP contribution in [0, 0.1) is 5.92 Å². The molecule has 2 fully saturated rings. The third-order valence-electron chi connectivity index (χ3n) is 5.62. The zero-order chi connectivity index (χ0) is 18.1. The Bertz CT molecular complexity index is 427. The maximum atomic E-state index is 11.8. The molecular weight excluding hydrogens is 316 g/mol. The lowest BCUT2D eigenvalue weighted by atomic mass is 9.86. The molecule has 2 saturated carbocycles. The number of ether oxygens (including phenoxy) is 1. The van der Waals surface area contributed by atoms with Crippen LogP contribution in [0.2, 0.25) is 0 Å². The third-order valence-corrected chi connectivity index (χ3v) is 5.62. The SMILES string of the molecule is CCOC(=O)C1CCC(NC(=NC)NCCN(C)C2CCCC2)CC1. The maximum absolute atomic E-state index is 11.8. The van der Waals surface area contributed by atoms with Crippen molar-refractivity contribution in [2.75, 3.05) is 33.8 Å². The number of carbonyl (C=O) groups excluding carboxylic acids is 1. The lowest BCUT2D eigenvalue weighted by molar-refractivity contribution is -0.149. The molecule has 0 amide bonds. The molecule has 0 saturated heterocycles. The highest BCUT2D eigenvalue weighted by molar-refractivity contribution is 5.80. The Balaban J connectivity index is 1.64. The van der Waals surface area contributed by atoms with Gasteiger partial charge in [0.15, 0.2) is 5.96 Å². The van der Waals surface area contributed by atoms with Gasteiger partial charge in [0.05, 0.1) is 12.5 Å². The minimum atomic E-state index is -0.0293. The Hall–Kier alpha value is -1.30. The number of nitrogens with one attached hydrogen (secondary N) is 2. The van der Waals surface area contributed by atoms with Gasteiger partial charge < -0.3 is 20.3 Å². The predicted octanol–water partition coefficient (Wildman–Crippen LogP) is 2.15. The van der Waals surface area contributed by atoms with E-state index in [1.54, 1.807) is 0 Å². The lowest BCUT2D eigenvalue weighted by Gasteiger charge is -2.29. The fourth-order valence-electron chi connectivity index (χ4n) is 4.00. The molecular formula is C19H36N4O2. The molecule has 0 bridgehead atoms. The monoisotopic (exact) mass is 352 g/mol. The van der Waals surface area contributed by atoms with Crippen LogP contribution in [0.15, 0.2) is 4.99 Å². The molecule has 2 aliphatic carbocycles. The third kappa shape index (κ3) is 6.49. The second kappa shape index (κ2) is 10.6. The zero-order valence-electron chi connectivity index (χ0n) is 16.2. The lowest BCUT2D eigenvalue weighted by Crippen LogP contribution is -2.47. The minimum Gasteiger partial charge on any atom is -0.466 e. The van der Waals surface area contributed by atoms with Gasteiger partial charge in [0, 0.05) is 32.2 Å². The Kier molecular flexibility index (Phi) is 8.52. The van der Waals surface area contributed by atoms with E-state index >= 15 is 0 Å². The first-order valence-electron chi connectivity index (χ1n) is 9.98. The summed E-state index contributed by atoms with van der Waals surface area (Å²) in [6.45, 7) is 4.29. The number of likely N-dealkylation sites (N-methyl/N-ethyl adjacent to an activating group) is 1. The molecule has 0 aromatic heterocycles. The van der Waals surface area contributed by atoms with E-state index in [0.717, 1.165) is 50.8 Å². The molecule has 0 atom stereocenters. The number of carbonyl (C=O) groups is 1. The zero-order valence-corrected chi connectivity index (χ0v) is 16.2. The molecule has 0 aliphatic heterocycles. The standard InChI is InChI=1S/C19H36N4O2/c1-4-25-18(24)15-9-11-16(12-10-15)22-19(20-2)21-13-14-23(3)17-7-5-6-8-17/h15-17H,4-14H2,1-3H3,(H2,20,21,22). The summed E-state index contributed by atoms with van der Waals surface area (Å²) in [5, 5.41) is 6.94. The van der Waals surface area contributed by atoms with E-state index in [4.69, 9.17) is 4.74 Å². The molecule has 2 N–H and O–H groups in total. The van der Waals surface area contributed by atoms with Gasteiger partial charge in [-0.05, 0) is 52.5 Å². The van der Waals surface area contributed by atoms with Crippen molar-refractivity contribution in [3.05, 3.63) is 0 Å². The average molecular weight is 353 g/mol. The quantitative estimate of drug-likeness (QED) is 0.417. The van der Waals surface area contributed by atoms with E-state index in [0.29, 0.717) is 12.6 Å². The van der Waals surface area contributed by atoms with Crippen molar-refractivity contribution in [2.24, 2.45) is 10.9 Å². The molecule has 6 heteroatoms. The van der Waals surface area contributed by atoms with Crippen LogP contribution in [0.5, 0.6) is 0 Å². The Morgan fingerprint density at radius 3 is 2.44 bits per heavy atom. The van der Waals surface area contributed by atoms with E-state index in [1.165, 1.54) is 25.7 Å². The molecule has 0 heterocycles. The van der Waals surface area contributed by atoms with Gasteiger partial charge in [-0.1, -0.05) is 12.8 Å². The van der Waals surface area contributed by atoms with Gasteiger partial charge in [-0.3, -0.25) is 9.79 Å². The van der Waals surface area contributed by atoms with E-state index < -0.39 is 0 Å². The topological polar surface area (TPSA) is 66.0 Å². The van der Waals surface area contributed by atoms with E-state index in [9.17, 15) is 4.79 Å². The number of esters is 1. The van der Waals surface area contributed by atoms with Crippen LogP contribution < -0.4 is 10.6 Å². The number of aliphatic imine (C=N–C) groups is 1. The second-order valence-electron chi connectivity index (χ2n) is 7.36. The highest BCUT2D eigenvalue weighted by atomic mass is 16.5. The average Bonchev–Trinajstić information content (AvgIpc) is 3.16. The fourth-order valence-corrected chi connectivity index (χ4v) is 4.00. The summed E-state index contributed by atoms with van der Waals surface area (Å²) in [7, 11) is 4.05. The molecule has 25 heavy (non-hydrogen) atoms. The normalized spacial score (nSPS) is 25.2. The van der Waals surface area contributed by atoms with Crippen LogP contribution in [0.25, 0.3) is 0 Å². The van der Waals surface area contributed by atoms with Crippen LogP contribution in [0.3, 0.4) is 0 Å². The molecule has 2 aliphatic rings. The first kappa shape index (κ1) is 20.0. The van der Waals surface area contributed by atoms with Gasteiger partial charge in [0.2, 0.25) is 0 Å². The summed E-state index contributed by atoms with van der Waals surface area (Å²) in [4.78, 5) is 18.6. The van der Waals surface area contributed by atoms with Crippen molar-refractivity contribution < 1.29 is 9.53 Å². The number of hydrogen-bond acceptors (Lipinski definition) is 4. The van der Waals surface area contributed by atoms with Crippen molar-refractivity contribution >= 4 is 11.9 Å². The Morgan fingerprint density at radius 2 is 1.84 bits per heavy atom. The van der Waals surface area contributed by atoms with Crippen LogP contribution in [-0.4, -0.2) is 62.7 Å². The number of hydrogen-bond donors (Lipinski definition) is 2. The summed E-state index contributed by atoms with van der Waals surface area (Å²) < 4.78 is 5.14. The smallest absolute Gasteiger partial charge is 0.308 e. The van der Waals surface area contributed by atoms with Crippen molar-refractivity contribution in [2.45, 2.75) is 70.4 Å². The number of nitrogens with zero attached hydrogens (tertiary/aromatic N) is 2. The number of guanidine groups is 1. The van der Waals surface area contributed by atoms with Gasteiger partial charge in [0.25, 0.3) is 0 Å². The van der Waals surface area contributed by atoms with Crippen molar-refractivity contribution in [1.29, 1.82) is 0 Å². The van der Waals surface area contributed by atoms with Crippen molar-refractivity contribution in [3.63, 3.8) is 0 Å². The van der Waals surface area contributed by atoms with Gasteiger partial charge >= 0.3 is 5.97 Å². The van der Waals surface area contributed by atoms with Crippen LogP contribution >= 0.6 is 0 Å². The van der Waals surface area contributed by atoms with Crippen LogP contribution in [0.4, 0.5) is 0 Å². The highest BCUT2D eigenvalue weighted by Gasteiger charge is 2.27. The molecule has 0 aromatic carbocycles. The Labute approximate surface area is 152 Å². The van der Waals surface area contributed by atoms with Gasteiger partial charge in [-0.25, -0.2) is 0 Å². The van der Waals surface area contributed by atoms with E-state index in [1.807, 2.05) is 14.0 Å². The molecule has 6 nitrogen and oxygen atoms in total. The fraction of sp³-hybridized carbons (Fsp3) is 0.895.